The molecule has 0 saturated carbocycles. The molecule has 3 heteroatoms. The zero-order chi connectivity index (χ0) is 13.8. The number of rotatable bonds is 5. The normalized spacial score (nSPS) is 13.2. The molecule has 3 rings (SSSR count). The van der Waals surface area contributed by atoms with E-state index in [9.17, 15) is 0 Å². The van der Waals surface area contributed by atoms with Crippen molar-refractivity contribution in [3.8, 4) is 0 Å². The van der Waals surface area contributed by atoms with Gasteiger partial charge in [0.25, 0.3) is 0 Å². The van der Waals surface area contributed by atoms with Crippen LogP contribution < -0.4 is 4.90 Å². The van der Waals surface area contributed by atoms with Crippen LogP contribution in [0.4, 0.5) is 5.82 Å². The van der Waals surface area contributed by atoms with Gasteiger partial charge >= 0.3 is 0 Å². The number of nitrogens with zero attached hydrogens (tertiary/aromatic N) is 2. The van der Waals surface area contributed by atoms with Crippen molar-refractivity contribution in [1.29, 1.82) is 0 Å². The third kappa shape index (κ3) is 2.96. The van der Waals surface area contributed by atoms with E-state index >= 15 is 0 Å². The van der Waals surface area contributed by atoms with Gasteiger partial charge in [-0.2, -0.15) is 0 Å². The van der Waals surface area contributed by atoms with Crippen LogP contribution in [-0.4, -0.2) is 17.4 Å². The highest BCUT2D eigenvalue weighted by Gasteiger charge is 2.15. The van der Waals surface area contributed by atoms with Crippen LogP contribution in [0.25, 0.3) is 0 Å². The number of aromatic nitrogens is 1. The van der Waals surface area contributed by atoms with E-state index in [0.717, 1.165) is 25.3 Å². The van der Waals surface area contributed by atoms with Gasteiger partial charge in [0.2, 0.25) is 0 Å². The molecular formula is C17H19ClN2. The lowest BCUT2D eigenvalue weighted by Crippen LogP contribution is -2.26. The number of halogens is 1. The molecule has 20 heavy (non-hydrogen) atoms. The first kappa shape index (κ1) is 13.4. The van der Waals surface area contributed by atoms with Crippen molar-refractivity contribution in [2.45, 2.75) is 25.8 Å². The molecule has 0 N–H and O–H groups in total. The van der Waals surface area contributed by atoms with Crippen LogP contribution in [0.1, 0.15) is 23.2 Å². The summed E-state index contributed by atoms with van der Waals surface area (Å²) in [6.45, 7) is 1.68. The lowest BCUT2D eigenvalue weighted by atomic mass is 10.2. The van der Waals surface area contributed by atoms with Gasteiger partial charge in [-0.25, -0.2) is 4.98 Å². The topological polar surface area (TPSA) is 16.1 Å². The summed E-state index contributed by atoms with van der Waals surface area (Å²) in [5, 5.41) is 0. The second kappa shape index (κ2) is 6.27. The van der Waals surface area contributed by atoms with Gasteiger partial charge in [-0.15, -0.1) is 11.6 Å². The Balaban J connectivity index is 1.83. The summed E-state index contributed by atoms with van der Waals surface area (Å²) < 4.78 is 0. The molecule has 1 aliphatic carbocycles. The molecule has 0 unspecified atom stereocenters. The summed E-state index contributed by atoms with van der Waals surface area (Å²) in [7, 11) is 0. The molecule has 0 atom stereocenters. The summed E-state index contributed by atoms with van der Waals surface area (Å²) in [4.78, 5) is 7.10. The number of aryl methyl sites for hydroxylation is 2. The highest BCUT2D eigenvalue weighted by Crippen LogP contribution is 2.24. The summed E-state index contributed by atoms with van der Waals surface area (Å²) in [5.41, 5.74) is 3.98. The first-order chi connectivity index (χ1) is 9.86. The Morgan fingerprint density at radius 2 is 1.90 bits per heavy atom. The minimum Gasteiger partial charge on any atom is -0.351 e. The Bertz CT molecular complexity index is 568. The monoisotopic (exact) mass is 286 g/mol. The van der Waals surface area contributed by atoms with E-state index in [1.165, 1.54) is 29.7 Å². The van der Waals surface area contributed by atoms with Crippen molar-refractivity contribution in [1.82, 2.24) is 4.98 Å². The van der Waals surface area contributed by atoms with Gasteiger partial charge < -0.3 is 4.90 Å². The minimum atomic E-state index is 0.617. The Hall–Kier alpha value is -1.54. The molecule has 1 aromatic carbocycles. The molecule has 0 saturated heterocycles. The van der Waals surface area contributed by atoms with Crippen molar-refractivity contribution in [3.05, 3.63) is 59.3 Å². The number of hydrogen-bond donors (Lipinski definition) is 0. The van der Waals surface area contributed by atoms with Gasteiger partial charge in [-0.3, -0.25) is 0 Å². The van der Waals surface area contributed by atoms with Crippen molar-refractivity contribution in [2.75, 3.05) is 17.3 Å². The van der Waals surface area contributed by atoms with Crippen molar-refractivity contribution in [2.24, 2.45) is 0 Å². The average Bonchev–Trinajstić information content (AvgIpc) is 2.95. The number of benzene rings is 1. The number of alkyl halides is 1. The number of fused-ring (bicyclic) bond motifs is 1. The lowest BCUT2D eigenvalue weighted by molar-refractivity contribution is 0.809. The first-order valence-electron chi connectivity index (χ1n) is 7.20. The predicted molar refractivity (Wildman–Crippen MR) is 84.5 cm³/mol. The maximum Gasteiger partial charge on any atom is 0.129 e. The van der Waals surface area contributed by atoms with Gasteiger partial charge in [-0.1, -0.05) is 36.4 Å². The SMILES string of the molecule is ClCCN(Cc1ccccc1)c1ccc2c(n1)CCC2. The van der Waals surface area contributed by atoms with E-state index < -0.39 is 0 Å². The summed E-state index contributed by atoms with van der Waals surface area (Å²) in [5.74, 6) is 1.67. The fraction of sp³-hybridized carbons (Fsp3) is 0.353. The van der Waals surface area contributed by atoms with Crippen LogP contribution in [0.5, 0.6) is 0 Å². The third-order valence-corrected chi connectivity index (χ3v) is 3.98. The van der Waals surface area contributed by atoms with Crippen molar-refractivity contribution < 1.29 is 0 Å². The summed E-state index contributed by atoms with van der Waals surface area (Å²) >= 11 is 5.96. The van der Waals surface area contributed by atoms with E-state index in [4.69, 9.17) is 16.6 Å². The fourth-order valence-corrected chi connectivity index (χ4v) is 2.97. The maximum absolute atomic E-state index is 5.96. The number of pyridine rings is 1. The van der Waals surface area contributed by atoms with Gasteiger partial charge in [0.15, 0.2) is 0 Å². The Morgan fingerprint density at radius 3 is 2.70 bits per heavy atom. The van der Waals surface area contributed by atoms with E-state index in [-0.39, 0.29) is 0 Å². The smallest absolute Gasteiger partial charge is 0.129 e. The van der Waals surface area contributed by atoms with Gasteiger partial charge in [0.1, 0.15) is 5.82 Å². The molecule has 104 valence electrons. The molecule has 2 aromatic rings. The van der Waals surface area contributed by atoms with Gasteiger partial charge in [0.05, 0.1) is 0 Å². The second-order valence-electron chi connectivity index (χ2n) is 5.22. The molecule has 0 radical (unpaired) electrons. The zero-order valence-corrected chi connectivity index (χ0v) is 12.3. The molecule has 0 fully saturated rings. The van der Waals surface area contributed by atoms with Gasteiger partial charge in [-0.05, 0) is 36.5 Å². The molecule has 0 spiro atoms. The molecule has 1 aliphatic rings. The summed E-state index contributed by atoms with van der Waals surface area (Å²) in [6.07, 6.45) is 3.53. The Morgan fingerprint density at radius 1 is 1.05 bits per heavy atom. The average molecular weight is 287 g/mol. The number of hydrogen-bond acceptors (Lipinski definition) is 2. The van der Waals surface area contributed by atoms with E-state index in [0.29, 0.717) is 5.88 Å². The zero-order valence-electron chi connectivity index (χ0n) is 11.6. The van der Waals surface area contributed by atoms with E-state index in [2.05, 4.69) is 41.3 Å². The van der Waals surface area contributed by atoms with Crippen LogP contribution in [-0.2, 0) is 19.4 Å². The molecular weight excluding hydrogens is 268 g/mol. The standard InChI is InChI=1S/C17H19ClN2/c18-11-12-20(13-14-5-2-1-3-6-14)17-10-9-15-7-4-8-16(15)19-17/h1-3,5-6,9-10H,4,7-8,11-13H2. The lowest BCUT2D eigenvalue weighted by Gasteiger charge is -2.23. The molecule has 1 aromatic heterocycles. The Kier molecular flexibility index (Phi) is 4.22. The fourth-order valence-electron chi connectivity index (χ4n) is 2.77. The van der Waals surface area contributed by atoms with Crippen molar-refractivity contribution in [3.63, 3.8) is 0 Å². The quantitative estimate of drug-likeness (QED) is 0.777. The predicted octanol–water partition coefficient (Wildman–Crippen LogP) is 3.82. The second-order valence-corrected chi connectivity index (χ2v) is 5.60. The first-order valence-corrected chi connectivity index (χ1v) is 7.74. The molecule has 0 aliphatic heterocycles. The molecule has 2 nitrogen and oxygen atoms in total. The summed E-state index contributed by atoms with van der Waals surface area (Å²) in [6, 6.07) is 14.9. The number of anilines is 1. The maximum atomic E-state index is 5.96. The highest BCUT2D eigenvalue weighted by atomic mass is 35.5. The largest absolute Gasteiger partial charge is 0.351 e. The van der Waals surface area contributed by atoms with Gasteiger partial charge in [0, 0.05) is 24.7 Å². The Labute approximate surface area is 125 Å². The molecule has 0 bridgehead atoms. The van der Waals surface area contributed by atoms with Crippen LogP contribution in [0.15, 0.2) is 42.5 Å². The third-order valence-electron chi connectivity index (χ3n) is 3.81. The van der Waals surface area contributed by atoms with Crippen molar-refractivity contribution >= 4 is 17.4 Å². The van der Waals surface area contributed by atoms with E-state index in [1.54, 1.807) is 0 Å². The molecule has 1 heterocycles. The van der Waals surface area contributed by atoms with E-state index in [1.807, 2.05) is 6.07 Å². The van der Waals surface area contributed by atoms with Crippen LogP contribution >= 0.6 is 11.6 Å². The van der Waals surface area contributed by atoms with Crippen LogP contribution in [0.2, 0.25) is 0 Å². The molecule has 0 amide bonds. The highest BCUT2D eigenvalue weighted by molar-refractivity contribution is 6.18. The van der Waals surface area contributed by atoms with Crippen LogP contribution in [0, 0.1) is 0 Å². The van der Waals surface area contributed by atoms with Crippen LogP contribution in [0.3, 0.4) is 0 Å². The minimum absolute atomic E-state index is 0.617.